The number of aromatic nitrogens is 2. The van der Waals surface area contributed by atoms with E-state index in [2.05, 4.69) is 10.2 Å². The Morgan fingerprint density at radius 2 is 2.04 bits per heavy atom. The van der Waals surface area contributed by atoms with Crippen molar-refractivity contribution in [1.82, 2.24) is 19.4 Å². The lowest BCUT2D eigenvalue weighted by molar-refractivity contribution is -0.00314. The first kappa shape index (κ1) is 19.9. The van der Waals surface area contributed by atoms with Gasteiger partial charge in [0.1, 0.15) is 10.7 Å². The predicted octanol–water partition coefficient (Wildman–Crippen LogP) is 1.59. The van der Waals surface area contributed by atoms with E-state index in [1.807, 2.05) is 11.9 Å². The van der Waals surface area contributed by atoms with Crippen LogP contribution in [0.5, 0.6) is 0 Å². The minimum absolute atomic E-state index is 0.140. The van der Waals surface area contributed by atoms with Crippen LogP contribution in [-0.2, 0) is 16.6 Å². The second-order valence-electron chi connectivity index (χ2n) is 7.21. The zero-order valence-electron chi connectivity index (χ0n) is 15.3. The highest BCUT2D eigenvalue weighted by atomic mass is 32.2. The molecule has 9 heteroatoms. The highest BCUT2D eigenvalue weighted by Crippen LogP contribution is 2.27. The van der Waals surface area contributed by atoms with Gasteiger partial charge in [-0.3, -0.25) is 10.00 Å². The Labute approximate surface area is 158 Å². The Morgan fingerprint density at radius 3 is 2.70 bits per heavy atom. The summed E-state index contributed by atoms with van der Waals surface area (Å²) >= 11 is 0. The summed E-state index contributed by atoms with van der Waals surface area (Å²) in [7, 11) is -1.70. The summed E-state index contributed by atoms with van der Waals surface area (Å²) in [6.07, 6.45) is 4.12. The molecule has 2 N–H and O–H groups in total. The summed E-state index contributed by atoms with van der Waals surface area (Å²) in [6, 6.07) is 6.29. The molecule has 0 bridgehead atoms. The van der Waals surface area contributed by atoms with Gasteiger partial charge >= 0.3 is 0 Å². The maximum Gasteiger partial charge on any atom is 0.246 e. The minimum atomic E-state index is -3.59. The monoisotopic (exact) mass is 396 g/mol. The molecule has 7 nitrogen and oxygen atoms in total. The van der Waals surface area contributed by atoms with Gasteiger partial charge in [-0.05, 0) is 44.0 Å². The summed E-state index contributed by atoms with van der Waals surface area (Å²) in [4.78, 5) is 2.12. The van der Waals surface area contributed by atoms with E-state index in [4.69, 9.17) is 0 Å². The highest BCUT2D eigenvalue weighted by Gasteiger charge is 2.35. The molecule has 0 unspecified atom stereocenters. The lowest BCUT2D eigenvalue weighted by Crippen LogP contribution is -2.42. The van der Waals surface area contributed by atoms with Crippen LogP contribution in [-0.4, -0.2) is 65.2 Å². The standard InChI is InChI=1S/C18H25FN4O3S/c1-22(13-15-3-5-16(19)6-4-15)14-18(24)7-2-9-23(10-8-18)27(25,26)17-11-20-21-12-17/h3-6,11-12,24H,2,7-10,13-14H2,1H3,(H,20,21)/t18-/m0/s1. The number of nitrogens with zero attached hydrogens (tertiary/aromatic N) is 3. The third-order valence-electron chi connectivity index (χ3n) is 4.92. The Hall–Kier alpha value is -1.81. The largest absolute Gasteiger partial charge is 0.389 e. The van der Waals surface area contributed by atoms with E-state index in [-0.39, 0.29) is 17.3 Å². The van der Waals surface area contributed by atoms with Crippen LogP contribution in [0.2, 0.25) is 0 Å². The van der Waals surface area contributed by atoms with Crippen molar-refractivity contribution in [3.8, 4) is 0 Å². The molecular formula is C18H25FN4O3S. The van der Waals surface area contributed by atoms with Crippen molar-refractivity contribution in [2.24, 2.45) is 0 Å². The molecule has 2 aromatic rings. The first-order valence-corrected chi connectivity index (χ1v) is 10.4. The maximum atomic E-state index is 13.0. The molecule has 0 radical (unpaired) electrons. The highest BCUT2D eigenvalue weighted by molar-refractivity contribution is 7.89. The van der Waals surface area contributed by atoms with E-state index in [0.29, 0.717) is 38.9 Å². The van der Waals surface area contributed by atoms with Crippen LogP contribution in [0.1, 0.15) is 24.8 Å². The van der Waals surface area contributed by atoms with Gasteiger partial charge in [0.25, 0.3) is 0 Å². The molecule has 1 fully saturated rings. The number of hydrogen-bond acceptors (Lipinski definition) is 5. The number of aliphatic hydroxyl groups is 1. The van der Waals surface area contributed by atoms with Crippen molar-refractivity contribution in [3.63, 3.8) is 0 Å². The molecule has 148 valence electrons. The summed E-state index contributed by atoms with van der Waals surface area (Å²) in [5.74, 6) is -0.275. The van der Waals surface area contributed by atoms with Crippen molar-refractivity contribution in [2.45, 2.75) is 36.3 Å². The van der Waals surface area contributed by atoms with Crippen LogP contribution >= 0.6 is 0 Å². The predicted molar refractivity (Wildman–Crippen MR) is 98.9 cm³/mol. The van der Waals surface area contributed by atoms with Crippen LogP contribution in [0.3, 0.4) is 0 Å². The fourth-order valence-corrected chi connectivity index (χ4v) is 4.93. The molecule has 1 aliphatic heterocycles. The van der Waals surface area contributed by atoms with Gasteiger partial charge in [-0.25, -0.2) is 12.8 Å². The van der Waals surface area contributed by atoms with Crippen molar-refractivity contribution < 1.29 is 17.9 Å². The Kier molecular flexibility index (Phi) is 5.95. The molecule has 27 heavy (non-hydrogen) atoms. The summed E-state index contributed by atoms with van der Waals surface area (Å²) in [5.41, 5.74) is -0.00425. The van der Waals surface area contributed by atoms with Crippen molar-refractivity contribution >= 4 is 10.0 Å². The van der Waals surface area contributed by atoms with E-state index < -0.39 is 15.6 Å². The number of sulfonamides is 1. The van der Waals surface area contributed by atoms with Gasteiger partial charge in [-0.1, -0.05) is 12.1 Å². The van der Waals surface area contributed by atoms with E-state index in [0.717, 1.165) is 5.56 Å². The number of halogens is 1. The molecule has 1 aliphatic rings. The molecule has 1 aromatic heterocycles. The topological polar surface area (TPSA) is 89.5 Å². The normalized spacial score (nSPS) is 22.1. The zero-order valence-corrected chi connectivity index (χ0v) is 16.1. The summed E-state index contributed by atoms with van der Waals surface area (Å²) < 4.78 is 39.7. The van der Waals surface area contributed by atoms with Gasteiger partial charge in [0.2, 0.25) is 10.0 Å². The number of H-pyrrole nitrogens is 1. The number of benzene rings is 1. The average Bonchev–Trinajstić information content (AvgIpc) is 3.08. The van der Waals surface area contributed by atoms with Crippen molar-refractivity contribution in [2.75, 3.05) is 26.7 Å². The lowest BCUT2D eigenvalue weighted by atomic mass is 9.94. The van der Waals surface area contributed by atoms with Gasteiger partial charge in [-0.15, -0.1) is 0 Å². The van der Waals surface area contributed by atoms with Gasteiger partial charge < -0.3 is 5.11 Å². The molecule has 3 rings (SSSR count). The molecular weight excluding hydrogens is 371 g/mol. The van der Waals surface area contributed by atoms with E-state index in [1.54, 1.807) is 12.1 Å². The number of nitrogens with one attached hydrogen (secondary N) is 1. The van der Waals surface area contributed by atoms with Crippen LogP contribution in [0.15, 0.2) is 41.6 Å². The Balaban J connectivity index is 1.61. The molecule has 1 atom stereocenters. The molecule has 1 saturated heterocycles. The van der Waals surface area contributed by atoms with Gasteiger partial charge in [-0.2, -0.15) is 9.40 Å². The molecule has 0 aliphatic carbocycles. The minimum Gasteiger partial charge on any atom is -0.389 e. The van der Waals surface area contributed by atoms with Crippen LogP contribution in [0.4, 0.5) is 4.39 Å². The number of likely N-dealkylation sites (N-methyl/N-ethyl adjacent to an activating group) is 1. The fourth-order valence-electron chi connectivity index (χ4n) is 3.54. The molecule has 0 spiro atoms. The average molecular weight is 396 g/mol. The van der Waals surface area contributed by atoms with Crippen molar-refractivity contribution in [3.05, 3.63) is 48.0 Å². The van der Waals surface area contributed by atoms with Crippen molar-refractivity contribution in [1.29, 1.82) is 0 Å². The van der Waals surface area contributed by atoms with Gasteiger partial charge in [0.15, 0.2) is 0 Å². The van der Waals surface area contributed by atoms with Crippen LogP contribution in [0.25, 0.3) is 0 Å². The fraction of sp³-hybridized carbons (Fsp3) is 0.500. The maximum absolute atomic E-state index is 13.0. The molecule has 2 heterocycles. The molecule has 1 aromatic carbocycles. The van der Waals surface area contributed by atoms with Gasteiger partial charge in [0.05, 0.1) is 11.8 Å². The van der Waals surface area contributed by atoms with Crippen LogP contribution < -0.4 is 0 Å². The number of aromatic amines is 1. The Morgan fingerprint density at radius 1 is 1.30 bits per heavy atom. The summed E-state index contributed by atoms with van der Waals surface area (Å²) in [5, 5.41) is 17.3. The second-order valence-corrected chi connectivity index (χ2v) is 9.15. The third kappa shape index (κ3) is 4.92. The van der Waals surface area contributed by atoms with E-state index in [1.165, 1.54) is 28.8 Å². The first-order valence-electron chi connectivity index (χ1n) is 8.93. The molecule has 0 saturated carbocycles. The third-order valence-corrected chi connectivity index (χ3v) is 6.78. The van der Waals surface area contributed by atoms with Crippen LogP contribution in [0, 0.1) is 5.82 Å². The quantitative estimate of drug-likeness (QED) is 0.774. The lowest BCUT2D eigenvalue weighted by Gasteiger charge is -2.31. The van der Waals surface area contributed by atoms with Gasteiger partial charge in [0, 0.05) is 32.4 Å². The number of hydrogen-bond donors (Lipinski definition) is 2. The zero-order chi connectivity index (χ0) is 19.5. The molecule has 0 amide bonds. The smallest absolute Gasteiger partial charge is 0.246 e. The Bertz CT molecular complexity index is 842. The number of rotatable bonds is 6. The first-order chi connectivity index (χ1) is 12.8. The van der Waals surface area contributed by atoms with E-state index in [9.17, 15) is 17.9 Å². The van der Waals surface area contributed by atoms with E-state index >= 15 is 0 Å². The SMILES string of the molecule is CN(Cc1ccc(F)cc1)C[C@]1(O)CCCN(S(=O)(=O)c2cn[nH]c2)CC1. The second kappa shape index (κ2) is 8.05. The summed E-state index contributed by atoms with van der Waals surface area (Å²) in [6.45, 7) is 1.63.